The predicted molar refractivity (Wildman–Crippen MR) is 96.6 cm³/mol. The maximum absolute atomic E-state index is 14.2. The largest absolute Gasteiger partial charge is 0.465 e. The molecule has 1 heterocycles. The maximum atomic E-state index is 14.2. The van der Waals surface area contributed by atoms with Crippen LogP contribution in [0.3, 0.4) is 0 Å². The zero-order chi connectivity index (χ0) is 19.2. The van der Waals surface area contributed by atoms with E-state index in [1.807, 2.05) is 30.3 Å². The van der Waals surface area contributed by atoms with Crippen LogP contribution in [0.4, 0.5) is 10.1 Å². The number of benzene rings is 2. The number of esters is 1. The summed E-state index contributed by atoms with van der Waals surface area (Å²) in [5, 5.41) is 3.78. The lowest BCUT2D eigenvalue weighted by atomic mass is 10.1. The summed E-state index contributed by atoms with van der Waals surface area (Å²) in [7, 11) is 0. The summed E-state index contributed by atoms with van der Waals surface area (Å²) in [5.41, 5.74) is 0.660. The van der Waals surface area contributed by atoms with E-state index in [4.69, 9.17) is 9.26 Å². The predicted octanol–water partition coefficient (Wildman–Crippen LogP) is 3.69. The van der Waals surface area contributed by atoms with E-state index < -0.39 is 24.2 Å². The zero-order valence-electron chi connectivity index (χ0n) is 14.6. The summed E-state index contributed by atoms with van der Waals surface area (Å²) in [5.74, 6) is -1.56. The first-order valence-corrected chi connectivity index (χ1v) is 8.34. The molecule has 6 nitrogen and oxygen atoms in total. The van der Waals surface area contributed by atoms with Crippen LogP contribution in [-0.4, -0.2) is 30.2 Å². The van der Waals surface area contributed by atoms with Crippen molar-refractivity contribution >= 4 is 17.6 Å². The third kappa shape index (κ3) is 4.20. The van der Waals surface area contributed by atoms with Crippen LogP contribution in [0.5, 0.6) is 0 Å². The number of carbonyl (C=O) groups excluding carboxylic acids is 2. The monoisotopic (exact) mass is 368 g/mol. The summed E-state index contributed by atoms with van der Waals surface area (Å²) in [6, 6.07) is 16.3. The van der Waals surface area contributed by atoms with Crippen molar-refractivity contribution in [1.82, 2.24) is 5.16 Å². The molecule has 3 rings (SSSR count). The van der Waals surface area contributed by atoms with Crippen molar-refractivity contribution in [3.8, 4) is 11.3 Å². The molecule has 138 valence electrons. The molecular formula is C20H17FN2O4. The van der Waals surface area contributed by atoms with Gasteiger partial charge in [0.1, 0.15) is 12.4 Å². The number of nitrogens with zero attached hydrogens (tertiary/aromatic N) is 2. The van der Waals surface area contributed by atoms with E-state index >= 15 is 0 Å². The molecule has 0 aliphatic carbocycles. The Balaban J connectivity index is 1.92. The third-order valence-corrected chi connectivity index (χ3v) is 3.77. The molecule has 27 heavy (non-hydrogen) atoms. The van der Waals surface area contributed by atoms with Crippen LogP contribution in [-0.2, 0) is 9.53 Å². The van der Waals surface area contributed by atoms with E-state index in [-0.39, 0.29) is 18.0 Å². The van der Waals surface area contributed by atoms with Crippen molar-refractivity contribution in [2.45, 2.75) is 6.92 Å². The van der Waals surface area contributed by atoms with E-state index in [0.29, 0.717) is 5.76 Å². The van der Waals surface area contributed by atoms with Crippen molar-refractivity contribution < 1.29 is 23.2 Å². The Kier molecular flexibility index (Phi) is 5.61. The van der Waals surface area contributed by atoms with E-state index in [0.717, 1.165) is 10.5 Å². The van der Waals surface area contributed by atoms with Gasteiger partial charge in [-0.15, -0.1) is 0 Å². The molecule has 0 bridgehead atoms. The summed E-state index contributed by atoms with van der Waals surface area (Å²) in [4.78, 5) is 25.8. The number of amides is 1. The van der Waals surface area contributed by atoms with Crippen molar-refractivity contribution in [1.29, 1.82) is 0 Å². The number of aromatic nitrogens is 1. The number of ether oxygens (including phenoxy) is 1. The van der Waals surface area contributed by atoms with Gasteiger partial charge >= 0.3 is 5.97 Å². The number of rotatable bonds is 6. The minimum absolute atomic E-state index is 0.0404. The average molecular weight is 368 g/mol. The number of hydrogen-bond donors (Lipinski definition) is 0. The molecule has 0 aliphatic heterocycles. The fraction of sp³-hybridized carbons (Fsp3) is 0.150. The Labute approximate surface area is 155 Å². The molecule has 0 saturated heterocycles. The highest BCUT2D eigenvalue weighted by Gasteiger charge is 2.26. The second-order valence-corrected chi connectivity index (χ2v) is 5.59. The van der Waals surface area contributed by atoms with Gasteiger partial charge in [0.15, 0.2) is 11.5 Å². The highest BCUT2D eigenvalue weighted by molar-refractivity contribution is 6.07. The molecule has 2 aromatic carbocycles. The Morgan fingerprint density at radius 2 is 1.81 bits per heavy atom. The third-order valence-electron chi connectivity index (χ3n) is 3.77. The van der Waals surface area contributed by atoms with Crippen LogP contribution in [0.25, 0.3) is 11.3 Å². The highest BCUT2D eigenvalue weighted by Crippen LogP contribution is 2.24. The molecular weight excluding hydrogens is 351 g/mol. The van der Waals surface area contributed by atoms with Gasteiger partial charge in [0.2, 0.25) is 0 Å². The molecule has 0 saturated carbocycles. The molecule has 0 N–H and O–H groups in total. The van der Waals surface area contributed by atoms with Gasteiger partial charge in [-0.25, -0.2) is 4.39 Å². The van der Waals surface area contributed by atoms with Crippen LogP contribution >= 0.6 is 0 Å². The fourth-order valence-corrected chi connectivity index (χ4v) is 2.53. The first kappa shape index (κ1) is 18.3. The van der Waals surface area contributed by atoms with Crippen molar-refractivity contribution in [3.05, 3.63) is 72.2 Å². The minimum atomic E-state index is -0.668. The van der Waals surface area contributed by atoms with Gasteiger partial charge in [-0.3, -0.25) is 14.5 Å². The van der Waals surface area contributed by atoms with Crippen molar-refractivity contribution in [2.75, 3.05) is 18.1 Å². The van der Waals surface area contributed by atoms with Crippen LogP contribution in [0.2, 0.25) is 0 Å². The first-order valence-electron chi connectivity index (χ1n) is 8.34. The smallest absolute Gasteiger partial charge is 0.326 e. The lowest BCUT2D eigenvalue weighted by Crippen LogP contribution is -2.37. The number of hydrogen-bond acceptors (Lipinski definition) is 5. The number of carbonyl (C=O) groups is 2. The van der Waals surface area contributed by atoms with Crippen LogP contribution in [0, 0.1) is 5.82 Å². The van der Waals surface area contributed by atoms with Crippen molar-refractivity contribution in [2.24, 2.45) is 0 Å². The normalized spacial score (nSPS) is 10.4. The van der Waals surface area contributed by atoms with Gasteiger partial charge in [0.25, 0.3) is 5.91 Å². The standard InChI is InChI=1S/C20H17FN2O4/c1-2-26-19(24)13-23(17-11-7-6-10-15(17)21)20(25)16-12-18(27-22-16)14-8-4-3-5-9-14/h3-12H,2,13H2,1H3. The van der Waals surface area contributed by atoms with Crippen LogP contribution in [0.15, 0.2) is 65.2 Å². The molecule has 0 fully saturated rings. The topological polar surface area (TPSA) is 72.6 Å². The van der Waals surface area contributed by atoms with Gasteiger partial charge in [-0.05, 0) is 19.1 Å². The molecule has 1 amide bonds. The van der Waals surface area contributed by atoms with Gasteiger partial charge in [0, 0.05) is 11.6 Å². The lowest BCUT2D eigenvalue weighted by molar-refractivity contribution is -0.141. The Morgan fingerprint density at radius 1 is 1.11 bits per heavy atom. The van der Waals surface area contributed by atoms with E-state index in [1.165, 1.54) is 24.3 Å². The molecule has 0 unspecified atom stereocenters. The molecule has 1 aromatic heterocycles. The maximum Gasteiger partial charge on any atom is 0.326 e. The lowest BCUT2D eigenvalue weighted by Gasteiger charge is -2.21. The number of anilines is 1. The van der Waals surface area contributed by atoms with E-state index in [9.17, 15) is 14.0 Å². The average Bonchev–Trinajstić information content (AvgIpc) is 3.17. The molecule has 0 atom stereocenters. The van der Waals surface area contributed by atoms with Crippen LogP contribution in [0.1, 0.15) is 17.4 Å². The van der Waals surface area contributed by atoms with Gasteiger partial charge in [-0.1, -0.05) is 47.6 Å². The molecule has 0 spiro atoms. The fourth-order valence-electron chi connectivity index (χ4n) is 2.53. The Morgan fingerprint density at radius 3 is 2.52 bits per heavy atom. The number of para-hydroxylation sites is 1. The van der Waals surface area contributed by atoms with Crippen LogP contribution < -0.4 is 4.90 Å². The summed E-state index contributed by atoms with van der Waals surface area (Å²) in [6.07, 6.45) is 0. The Hall–Kier alpha value is -3.48. The van der Waals surface area contributed by atoms with Gasteiger partial charge in [-0.2, -0.15) is 0 Å². The number of halogens is 1. The quantitative estimate of drug-likeness (QED) is 0.621. The van der Waals surface area contributed by atoms with E-state index in [1.54, 1.807) is 13.0 Å². The zero-order valence-corrected chi connectivity index (χ0v) is 14.6. The first-order chi connectivity index (χ1) is 13.1. The van der Waals surface area contributed by atoms with Gasteiger partial charge in [0.05, 0.1) is 12.3 Å². The molecule has 0 aliphatic rings. The molecule has 7 heteroatoms. The SMILES string of the molecule is CCOC(=O)CN(C(=O)c1cc(-c2ccccc2)on1)c1ccccc1F. The van der Waals surface area contributed by atoms with Crippen molar-refractivity contribution in [3.63, 3.8) is 0 Å². The summed E-state index contributed by atoms with van der Waals surface area (Å²) < 4.78 is 24.4. The summed E-state index contributed by atoms with van der Waals surface area (Å²) in [6.45, 7) is 1.36. The van der Waals surface area contributed by atoms with Gasteiger partial charge < -0.3 is 9.26 Å². The Bertz CT molecular complexity index is 940. The highest BCUT2D eigenvalue weighted by atomic mass is 19.1. The molecule has 3 aromatic rings. The minimum Gasteiger partial charge on any atom is -0.465 e. The second kappa shape index (κ2) is 8.27. The second-order valence-electron chi connectivity index (χ2n) is 5.59. The molecule has 0 radical (unpaired) electrons. The van der Waals surface area contributed by atoms with E-state index in [2.05, 4.69) is 5.16 Å². The summed E-state index contributed by atoms with van der Waals surface area (Å²) >= 11 is 0.